The van der Waals surface area contributed by atoms with Gasteiger partial charge in [0.1, 0.15) is 23.7 Å². The number of benzene rings is 4. The van der Waals surface area contributed by atoms with Gasteiger partial charge >= 0.3 is 12.1 Å². The van der Waals surface area contributed by atoms with E-state index in [4.69, 9.17) is 33.0 Å². The molecule has 4 aromatic carbocycles. The zero-order chi connectivity index (χ0) is 52.1. The molecule has 1 saturated heterocycles. The van der Waals surface area contributed by atoms with E-state index >= 15 is 0 Å². The number of likely N-dealkylation sites (tertiary alicyclic amines) is 1. The lowest BCUT2D eigenvalue weighted by Gasteiger charge is -2.30. The van der Waals surface area contributed by atoms with Crippen molar-refractivity contribution in [3.8, 4) is 0 Å². The number of hydrogen-bond donors (Lipinski definition) is 6. The molecule has 0 saturated carbocycles. The molecule has 376 valence electrons. The van der Waals surface area contributed by atoms with Crippen LogP contribution in [0.25, 0.3) is 12.2 Å². The summed E-state index contributed by atoms with van der Waals surface area (Å²) in [6, 6.07) is 26.0. The summed E-state index contributed by atoms with van der Waals surface area (Å²) in [4.78, 5) is 96.1. The summed E-state index contributed by atoms with van der Waals surface area (Å²) in [7, 11) is 0. The molecule has 1 aliphatic heterocycles. The van der Waals surface area contributed by atoms with Gasteiger partial charge < -0.3 is 37.4 Å². The molecule has 8 N–H and O–H groups in total. The van der Waals surface area contributed by atoms with Gasteiger partial charge in [-0.2, -0.15) is 13.2 Å². The highest BCUT2D eigenvalue weighted by Gasteiger charge is 2.38. The Morgan fingerprint density at radius 2 is 1.13 bits per heavy atom. The van der Waals surface area contributed by atoms with Gasteiger partial charge in [0, 0.05) is 67.6 Å². The van der Waals surface area contributed by atoms with Crippen LogP contribution in [0.2, 0.25) is 0 Å². The number of nitrogens with zero attached hydrogens (tertiary/aromatic N) is 2. The monoisotopic (exact) mass is 1010 g/mol. The Bertz CT molecular complexity index is 2540. The highest BCUT2D eigenvalue weighted by molar-refractivity contribution is 6.28. The van der Waals surface area contributed by atoms with E-state index in [1.54, 1.807) is 72.8 Å². The molecule has 1 fully saturated rings. The Balaban J connectivity index is 0.00000145. The van der Waals surface area contributed by atoms with Crippen molar-refractivity contribution in [3.05, 3.63) is 154 Å². The Morgan fingerprint density at radius 1 is 0.690 bits per heavy atom. The largest absolute Gasteiger partial charge is 0.490 e. The molecule has 0 aromatic heterocycles. The van der Waals surface area contributed by atoms with E-state index in [0.717, 1.165) is 0 Å². The maximum absolute atomic E-state index is 14.7. The molecule has 5 rings (SSSR count). The number of ketones is 2. The standard InChI is InChI=1S/C48H50ClF2N7O6.C2HF3O2/c49-28-42(59)39(20-11-23-54-48(52)53)56-47(64)41(25-32-14-5-2-6-15-32)57-46(63)40(24-31-12-3-1-4-13-31)55-43(60)21-22-44(61)58-29-35(26-33-16-7-9-18-37(33)50)45(62)36(30-58)27-34-17-8-10-19-38(34)51;3-2(4,5)1(6)7/h1-10,12-19,26-27,39-41H,11,20-25,28-30H2,(H,55,60)(H,56,64)(H,57,63)(H4,52,53,54);(H,6,7)/b35-26+,36-27+;/t39-,40-,41-;/m0./s1. The number of amides is 4. The predicted octanol–water partition coefficient (Wildman–Crippen LogP) is 5.06. The van der Waals surface area contributed by atoms with E-state index < -0.39 is 77.1 Å². The molecule has 0 aliphatic carbocycles. The minimum atomic E-state index is -5.08. The van der Waals surface area contributed by atoms with E-state index in [0.29, 0.717) is 17.5 Å². The number of aliphatic carboxylic acids is 1. The zero-order valence-corrected chi connectivity index (χ0v) is 38.7. The first kappa shape index (κ1) is 55.9. The molecule has 1 heterocycles. The summed E-state index contributed by atoms with van der Waals surface area (Å²) in [5.74, 6) is -7.87. The van der Waals surface area contributed by atoms with Gasteiger partial charge in [0.25, 0.3) is 0 Å². The van der Waals surface area contributed by atoms with E-state index in [-0.39, 0.29) is 85.9 Å². The molecule has 21 heteroatoms. The van der Waals surface area contributed by atoms with Crippen molar-refractivity contribution in [3.63, 3.8) is 0 Å². The summed E-state index contributed by atoms with van der Waals surface area (Å²) >= 11 is 5.89. The second-order valence-electron chi connectivity index (χ2n) is 15.9. The third-order valence-electron chi connectivity index (χ3n) is 10.6. The van der Waals surface area contributed by atoms with Crippen molar-refractivity contribution in [2.75, 3.05) is 25.5 Å². The molecular weight excluding hydrogens is 957 g/mol. The van der Waals surface area contributed by atoms with Gasteiger partial charge in [0.2, 0.25) is 23.6 Å². The number of aliphatic imine (C=N–C) groups is 1. The van der Waals surface area contributed by atoms with Gasteiger partial charge in [0.15, 0.2) is 17.5 Å². The van der Waals surface area contributed by atoms with Crippen LogP contribution in [0, 0.1) is 11.6 Å². The fourth-order valence-corrected chi connectivity index (χ4v) is 7.18. The average Bonchev–Trinajstić information content (AvgIpc) is 3.33. The van der Waals surface area contributed by atoms with Crippen molar-refractivity contribution in [2.24, 2.45) is 16.5 Å². The van der Waals surface area contributed by atoms with Crippen molar-refractivity contribution in [1.29, 1.82) is 0 Å². The first-order valence-corrected chi connectivity index (χ1v) is 22.4. The van der Waals surface area contributed by atoms with Crippen LogP contribution in [0.15, 0.2) is 125 Å². The molecule has 0 spiro atoms. The molecule has 0 bridgehead atoms. The Morgan fingerprint density at radius 3 is 1.56 bits per heavy atom. The van der Waals surface area contributed by atoms with Crippen LogP contribution < -0.4 is 27.4 Å². The molecule has 4 aromatic rings. The summed E-state index contributed by atoms with van der Waals surface area (Å²) < 4.78 is 61.1. The molecule has 0 unspecified atom stereocenters. The molecule has 0 radical (unpaired) electrons. The van der Waals surface area contributed by atoms with E-state index in [9.17, 15) is 50.7 Å². The molecular formula is C50H51ClF5N7O8. The highest BCUT2D eigenvalue weighted by atomic mass is 35.5. The number of carboxylic acids is 1. The molecule has 3 atom stereocenters. The summed E-state index contributed by atoms with van der Waals surface area (Å²) in [5.41, 5.74) is 12.7. The molecule has 71 heavy (non-hydrogen) atoms. The number of carboxylic acid groups (broad SMARTS) is 1. The average molecular weight is 1010 g/mol. The SMILES string of the molecule is NC(N)=NCCC[C@H](NC(=O)[C@H](Cc1ccccc1)NC(=O)[C@H](Cc1ccccc1)NC(=O)CCC(=O)N1C/C(=C\c2ccccc2F)C(=O)/C(=C/c2ccccc2F)C1)C(=O)CCl.O=C(O)C(F)(F)F. The van der Waals surface area contributed by atoms with Gasteiger partial charge in [-0.15, -0.1) is 11.6 Å². The quantitative estimate of drug-likeness (QED) is 0.0172. The third kappa shape index (κ3) is 18.6. The van der Waals surface area contributed by atoms with Crippen LogP contribution in [0.4, 0.5) is 22.0 Å². The number of alkyl halides is 4. The second-order valence-corrected chi connectivity index (χ2v) is 16.2. The van der Waals surface area contributed by atoms with Crippen LogP contribution in [-0.4, -0.2) is 107 Å². The Labute approximate surface area is 410 Å². The number of Topliss-reactive ketones (excluding diaryl/α,β-unsaturated/α-hetero) is 2. The minimum Gasteiger partial charge on any atom is -0.475 e. The van der Waals surface area contributed by atoms with Gasteiger partial charge in [-0.1, -0.05) is 97.1 Å². The van der Waals surface area contributed by atoms with Crippen molar-refractivity contribution < 1.29 is 60.6 Å². The highest BCUT2D eigenvalue weighted by Crippen LogP contribution is 2.25. The third-order valence-corrected chi connectivity index (χ3v) is 10.8. The number of halogens is 6. The Kier molecular flexibility index (Phi) is 21.6. The van der Waals surface area contributed by atoms with E-state index in [1.807, 2.05) is 0 Å². The Hall–Kier alpha value is -7.74. The van der Waals surface area contributed by atoms with Crippen LogP contribution >= 0.6 is 11.6 Å². The lowest BCUT2D eigenvalue weighted by molar-refractivity contribution is -0.192. The smallest absolute Gasteiger partial charge is 0.475 e. The summed E-state index contributed by atoms with van der Waals surface area (Å²) in [5, 5.41) is 15.4. The minimum absolute atomic E-state index is 0.0207. The van der Waals surface area contributed by atoms with E-state index in [1.165, 1.54) is 53.5 Å². The fraction of sp³-hybridized carbons (Fsp3) is 0.280. The van der Waals surface area contributed by atoms with Gasteiger partial charge in [-0.3, -0.25) is 33.8 Å². The number of nitrogens with one attached hydrogen (secondary N) is 3. The molecule has 1 aliphatic rings. The van der Waals surface area contributed by atoms with Crippen molar-refractivity contribution >= 4 is 70.9 Å². The first-order chi connectivity index (χ1) is 33.7. The normalized spacial score (nSPS) is 14.8. The summed E-state index contributed by atoms with van der Waals surface area (Å²) in [6.07, 6.45) is -2.51. The zero-order valence-electron chi connectivity index (χ0n) is 38.0. The number of nitrogens with two attached hydrogens (primary N) is 2. The van der Waals surface area contributed by atoms with Gasteiger partial charge in [-0.05, 0) is 48.3 Å². The number of guanidine groups is 1. The molecule has 15 nitrogen and oxygen atoms in total. The predicted molar refractivity (Wildman–Crippen MR) is 255 cm³/mol. The van der Waals surface area contributed by atoms with E-state index in [2.05, 4.69) is 20.9 Å². The van der Waals surface area contributed by atoms with Crippen molar-refractivity contribution in [1.82, 2.24) is 20.9 Å². The lowest BCUT2D eigenvalue weighted by atomic mass is 9.93. The summed E-state index contributed by atoms with van der Waals surface area (Å²) in [6.45, 7) is -0.181. The van der Waals surface area contributed by atoms with Crippen LogP contribution in [0.3, 0.4) is 0 Å². The number of hydrogen-bond acceptors (Lipinski definition) is 8. The second kappa shape index (κ2) is 27.4. The van der Waals surface area contributed by atoms with Crippen LogP contribution in [0.5, 0.6) is 0 Å². The van der Waals surface area contributed by atoms with Crippen LogP contribution in [-0.2, 0) is 46.4 Å². The number of rotatable bonds is 20. The maximum atomic E-state index is 14.7. The van der Waals surface area contributed by atoms with Gasteiger partial charge in [0.05, 0.1) is 11.9 Å². The lowest BCUT2D eigenvalue weighted by Crippen LogP contribution is -2.57. The van der Waals surface area contributed by atoms with Crippen LogP contribution in [0.1, 0.15) is 47.9 Å². The number of carbonyl (C=O) groups is 7. The first-order valence-electron chi connectivity index (χ1n) is 21.9. The maximum Gasteiger partial charge on any atom is 0.490 e. The number of carbonyl (C=O) groups excluding carboxylic acids is 6. The van der Waals surface area contributed by atoms with Crippen molar-refractivity contribution in [2.45, 2.75) is 62.8 Å². The topological polar surface area (TPSA) is 243 Å². The fourth-order valence-electron chi connectivity index (χ4n) is 6.99. The molecule has 4 amide bonds. The number of piperidine rings is 1. The van der Waals surface area contributed by atoms with Gasteiger partial charge in [-0.25, -0.2) is 13.6 Å².